The van der Waals surface area contributed by atoms with Gasteiger partial charge in [0.1, 0.15) is 5.75 Å². The van der Waals surface area contributed by atoms with E-state index in [2.05, 4.69) is 54.1 Å². The van der Waals surface area contributed by atoms with Gasteiger partial charge in [-0.1, -0.05) is 5.92 Å². The molecule has 0 atom stereocenters. The number of benzene rings is 1. The van der Waals surface area contributed by atoms with E-state index in [1.54, 1.807) is 7.11 Å². The topological polar surface area (TPSA) is 45.0 Å². The van der Waals surface area contributed by atoms with E-state index >= 15 is 0 Å². The highest BCUT2D eigenvalue weighted by Gasteiger charge is 2.27. The van der Waals surface area contributed by atoms with Crippen LogP contribution in [0.15, 0.2) is 12.1 Å². The molecule has 3 rings (SSSR count). The van der Waals surface area contributed by atoms with Gasteiger partial charge >= 0.3 is 0 Å². The van der Waals surface area contributed by atoms with Crippen molar-refractivity contribution in [2.45, 2.75) is 18.9 Å². The van der Waals surface area contributed by atoms with Gasteiger partial charge < -0.3 is 20.3 Å². The van der Waals surface area contributed by atoms with E-state index in [4.69, 9.17) is 10.5 Å². The number of likely N-dealkylation sites (N-methyl/N-ethyl adjacent to an activating group) is 1. The Morgan fingerprint density at radius 2 is 1.85 bits per heavy atom. The first-order valence-electron chi connectivity index (χ1n) is 9.06. The number of nitrogens with zero attached hydrogens (tertiary/aromatic N) is 3. The number of rotatable bonds is 3. The van der Waals surface area contributed by atoms with Crippen molar-refractivity contribution < 1.29 is 4.74 Å². The molecule has 2 saturated heterocycles. The minimum Gasteiger partial charge on any atom is -0.495 e. The quantitative estimate of drug-likeness (QED) is 0.403. The van der Waals surface area contributed by atoms with Gasteiger partial charge in [0, 0.05) is 72.6 Å². The van der Waals surface area contributed by atoms with Crippen LogP contribution in [0.5, 0.6) is 5.75 Å². The largest absolute Gasteiger partial charge is 0.495 e. The summed E-state index contributed by atoms with van der Waals surface area (Å²) < 4.78 is 5.44. The third-order valence-electron chi connectivity index (χ3n) is 5.43. The first-order valence-corrected chi connectivity index (χ1v) is 12.4. The van der Waals surface area contributed by atoms with Crippen molar-refractivity contribution in [2.24, 2.45) is 0 Å². The third-order valence-corrected chi connectivity index (χ3v) is 6.27. The molecule has 2 N–H and O–H groups in total. The summed E-state index contributed by atoms with van der Waals surface area (Å²) >= 11 is 2.20. The van der Waals surface area contributed by atoms with Crippen molar-refractivity contribution >= 4 is 41.5 Å². The molecule has 0 aliphatic carbocycles. The lowest BCUT2D eigenvalue weighted by molar-refractivity contribution is 0.0982. The number of hydrogen-bond donors (Lipinski definition) is 1. The summed E-state index contributed by atoms with van der Waals surface area (Å²) in [6.45, 7) is 6.86. The van der Waals surface area contributed by atoms with Crippen molar-refractivity contribution in [2.75, 3.05) is 64.1 Å². The first-order chi connectivity index (χ1) is 12.6. The van der Waals surface area contributed by atoms with Gasteiger partial charge in [-0.3, -0.25) is 4.90 Å². The summed E-state index contributed by atoms with van der Waals surface area (Å²) in [5.74, 6) is 3.97. The molecular formula is C19H27IN4OS. The molecule has 0 bridgehead atoms. The fraction of sp³-hybridized carbons (Fsp3) is 0.579. The highest BCUT2D eigenvalue weighted by Crippen LogP contribution is 2.33. The summed E-state index contributed by atoms with van der Waals surface area (Å²) in [4.78, 5) is 7.53. The van der Waals surface area contributed by atoms with E-state index in [1.165, 1.54) is 48.0 Å². The summed E-state index contributed by atoms with van der Waals surface area (Å²) in [5.41, 5.74) is 8.88. The van der Waals surface area contributed by atoms with Crippen molar-refractivity contribution in [3.8, 4) is 16.9 Å². The Balaban J connectivity index is 1.72. The fourth-order valence-corrected chi connectivity index (χ4v) is 4.34. The maximum absolute atomic E-state index is 6.10. The van der Waals surface area contributed by atoms with Crippen LogP contribution in [0.25, 0.3) is 0 Å². The lowest BCUT2D eigenvalue weighted by atomic mass is 10.00. The average molecular weight is 486 g/mol. The molecule has 5 nitrogen and oxygen atoms in total. The highest BCUT2D eigenvalue weighted by molar-refractivity contribution is 14.2. The van der Waals surface area contributed by atoms with Crippen LogP contribution < -0.4 is 15.4 Å². The van der Waals surface area contributed by atoms with Gasteiger partial charge in [0.05, 0.1) is 24.0 Å². The van der Waals surface area contributed by atoms with E-state index < -0.39 is 0 Å². The lowest BCUT2D eigenvalue weighted by Gasteiger charge is -2.42. The summed E-state index contributed by atoms with van der Waals surface area (Å²) in [5, 5.41) is 3.09. The maximum Gasteiger partial charge on any atom is 0.143 e. The number of piperidine rings is 1. The summed E-state index contributed by atoms with van der Waals surface area (Å²) in [6.07, 6.45) is 2.40. The van der Waals surface area contributed by atoms with Crippen molar-refractivity contribution in [3.05, 3.63) is 17.7 Å². The molecule has 142 valence electrons. The lowest BCUT2D eigenvalue weighted by Crippen LogP contribution is -2.52. The Labute approximate surface area is 173 Å². The minimum absolute atomic E-state index is 0.645. The van der Waals surface area contributed by atoms with Crippen LogP contribution in [-0.4, -0.2) is 69.3 Å². The van der Waals surface area contributed by atoms with Crippen LogP contribution >= 0.6 is 30.1 Å². The van der Waals surface area contributed by atoms with Gasteiger partial charge in [0.2, 0.25) is 0 Å². The summed E-state index contributed by atoms with van der Waals surface area (Å²) in [7, 11) is 5.38. The Hall–Kier alpha value is -0.820. The number of ether oxygens (including phenoxy) is 1. The minimum atomic E-state index is 0.645. The van der Waals surface area contributed by atoms with Crippen LogP contribution in [0.1, 0.15) is 18.4 Å². The van der Waals surface area contributed by atoms with Gasteiger partial charge in [-0.05, 0) is 40.1 Å². The second-order valence-electron chi connectivity index (χ2n) is 6.97. The predicted octanol–water partition coefficient (Wildman–Crippen LogP) is 2.89. The predicted molar refractivity (Wildman–Crippen MR) is 120 cm³/mol. The number of anilines is 2. The van der Waals surface area contributed by atoms with Gasteiger partial charge in [0.25, 0.3) is 0 Å². The number of hydrogen-bond acceptors (Lipinski definition) is 6. The number of halogens is 1. The highest BCUT2D eigenvalue weighted by atomic mass is 127. The van der Waals surface area contributed by atoms with Crippen LogP contribution in [0.4, 0.5) is 11.4 Å². The van der Waals surface area contributed by atoms with Gasteiger partial charge in [0.15, 0.2) is 0 Å². The second kappa shape index (κ2) is 9.40. The molecule has 1 aromatic rings. The summed E-state index contributed by atoms with van der Waals surface area (Å²) in [6, 6.07) is 4.70. The smallest absolute Gasteiger partial charge is 0.143 e. The van der Waals surface area contributed by atoms with Crippen LogP contribution in [0.2, 0.25) is 0 Å². The van der Waals surface area contributed by atoms with Crippen molar-refractivity contribution in [3.63, 3.8) is 0 Å². The molecule has 2 aliphatic rings. The van der Waals surface area contributed by atoms with Gasteiger partial charge in [-0.15, -0.1) is 0 Å². The molecule has 0 saturated carbocycles. The fourth-order valence-electron chi connectivity index (χ4n) is 3.86. The third kappa shape index (κ3) is 4.71. The van der Waals surface area contributed by atoms with Gasteiger partial charge in [-0.25, -0.2) is 0 Å². The molecule has 7 heteroatoms. The number of nitrogen functional groups attached to an aromatic ring is 1. The van der Waals surface area contributed by atoms with E-state index in [9.17, 15) is 0 Å². The zero-order chi connectivity index (χ0) is 18.5. The first kappa shape index (κ1) is 19.9. The van der Waals surface area contributed by atoms with Crippen LogP contribution in [0, 0.1) is 11.2 Å². The van der Waals surface area contributed by atoms with E-state index in [0.717, 1.165) is 30.1 Å². The molecule has 2 fully saturated rings. The molecule has 2 heterocycles. The SMILES string of the molecule is COc1cc(N2CCC(N3CCN(C)CC3)CC2)c(C#CSI)cc1N. The molecular weight excluding hydrogens is 459 g/mol. The Bertz CT molecular complexity index is 674. The Morgan fingerprint density at radius 1 is 1.15 bits per heavy atom. The van der Waals surface area contributed by atoms with Gasteiger partial charge in [-0.2, -0.15) is 0 Å². The second-order valence-corrected chi connectivity index (χ2v) is 8.65. The molecule has 26 heavy (non-hydrogen) atoms. The number of nitrogens with two attached hydrogens (primary N) is 1. The number of piperazine rings is 1. The molecule has 0 amide bonds. The maximum atomic E-state index is 6.10. The van der Waals surface area contributed by atoms with Crippen molar-refractivity contribution in [1.29, 1.82) is 0 Å². The van der Waals surface area contributed by atoms with E-state index in [-0.39, 0.29) is 0 Å². The molecule has 1 aromatic carbocycles. The van der Waals surface area contributed by atoms with E-state index in [1.807, 2.05) is 12.1 Å². The molecule has 0 radical (unpaired) electrons. The average Bonchev–Trinajstić information content (AvgIpc) is 2.67. The zero-order valence-corrected chi connectivity index (χ0v) is 18.5. The van der Waals surface area contributed by atoms with Crippen LogP contribution in [-0.2, 0) is 0 Å². The Morgan fingerprint density at radius 3 is 2.46 bits per heavy atom. The molecule has 0 aromatic heterocycles. The monoisotopic (exact) mass is 486 g/mol. The normalized spacial score (nSPS) is 19.9. The zero-order valence-electron chi connectivity index (χ0n) is 15.5. The molecule has 0 spiro atoms. The van der Waals surface area contributed by atoms with Crippen molar-refractivity contribution in [1.82, 2.24) is 9.80 Å². The Kier molecular flexibility index (Phi) is 7.20. The van der Waals surface area contributed by atoms with Crippen LogP contribution in [0.3, 0.4) is 0 Å². The molecule has 2 aliphatic heterocycles. The molecule has 0 unspecified atom stereocenters. The van der Waals surface area contributed by atoms with E-state index in [0.29, 0.717) is 11.7 Å². The number of methoxy groups -OCH3 is 1. The standard InChI is InChI=1S/C19H27IN4OS/c1-22-8-10-23(11-9-22)16-3-6-24(7-4-16)18-14-19(25-2)17(21)13-15(18)5-12-26-20/h13-14,16H,3-4,6-11,21H2,1-2H3.